The zero-order valence-corrected chi connectivity index (χ0v) is 19.7. The number of para-hydroxylation sites is 1. The first-order valence-electron chi connectivity index (χ1n) is 10.6. The molecule has 1 aromatic heterocycles. The van der Waals surface area contributed by atoms with Gasteiger partial charge in [0.25, 0.3) is 0 Å². The van der Waals surface area contributed by atoms with E-state index < -0.39 is 0 Å². The number of nitrogens with zero attached hydrogens (tertiary/aromatic N) is 3. The fourth-order valence-corrected chi connectivity index (χ4v) is 4.01. The maximum atomic E-state index is 6.41. The molecule has 0 bridgehead atoms. The van der Waals surface area contributed by atoms with Crippen LogP contribution < -0.4 is 37.1 Å². The van der Waals surface area contributed by atoms with E-state index >= 15 is 0 Å². The SMILES string of the molecule is CCOC1=CC=CC(=c2nc(N)c(=CC(N)=NSC3CC3)n2-c2c(OC)cccc2OC)N1. The van der Waals surface area contributed by atoms with E-state index in [1.54, 1.807) is 20.3 Å². The molecule has 1 saturated carbocycles. The molecule has 33 heavy (non-hydrogen) atoms. The second-order valence-corrected chi connectivity index (χ2v) is 8.44. The number of hydrogen-bond donors (Lipinski definition) is 3. The van der Waals surface area contributed by atoms with E-state index in [9.17, 15) is 0 Å². The molecule has 0 amide bonds. The molecule has 2 aliphatic rings. The number of hydrogen-bond acceptors (Lipinski definition) is 8. The molecule has 9 nitrogen and oxygen atoms in total. The first-order valence-corrected chi connectivity index (χ1v) is 11.5. The Hall–Kier alpha value is -3.53. The third-order valence-corrected chi connectivity index (χ3v) is 6.08. The number of rotatable bonds is 8. The summed E-state index contributed by atoms with van der Waals surface area (Å²) < 4.78 is 23.3. The van der Waals surface area contributed by atoms with Crippen LogP contribution in [0.3, 0.4) is 0 Å². The monoisotopic (exact) mass is 468 g/mol. The van der Waals surface area contributed by atoms with Gasteiger partial charge in [-0.1, -0.05) is 12.1 Å². The summed E-state index contributed by atoms with van der Waals surface area (Å²) in [5.41, 5.74) is 14.5. The molecule has 1 aliphatic carbocycles. The number of amidine groups is 1. The van der Waals surface area contributed by atoms with Crippen molar-refractivity contribution in [2.24, 2.45) is 10.1 Å². The van der Waals surface area contributed by atoms with Crippen LogP contribution in [0, 0.1) is 0 Å². The normalized spacial score (nSPS) is 18.1. The second-order valence-electron chi connectivity index (χ2n) is 7.38. The summed E-state index contributed by atoms with van der Waals surface area (Å²) in [6, 6.07) is 5.55. The van der Waals surface area contributed by atoms with E-state index in [4.69, 9.17) is 25.7 Å². The van der Waals surface area contributed by atoms with Crippen molar-refractivity contribution in [2.75, 3.05) is 26.6 Å². The summed E-state index contributed by atoms with van der Waals surface area (Å²) in [5, 5.41) is 4.38. The Morgan fingerprint density at radius 2 is 2.03 bits per heavy atom. The van der Waals surface area contributed by atoms with Crippen LogP contribution in [-0.2, 0) is 4.74 Å². The van der Waals surface area contributed by atoms with E-state index in [1.807, 2.05) is 47.9 Å². The van der Waals surface area contributed by atoms with Gasteiger partial charge >= 0.3 is 0 Å². The standard InChI is InChI=1S/C23H28N6O3S/c1-4-32-20-10-5-7-15(26-20)23-27-22(25)16(13-19(24)28-33-14-11-12-14)29(23)21-17(30-2)8-6-9-18(21)31-3/h5-10,13-14,26H,4,11-12H2,1-3H3,(H2,24,28)(H2,25,27). The molecule has 1 fully saturated rings. The van der Waals surface area contributed by atoms with Crippen molar-refractivity contribution in [1.29, 1.82) is 0 Å². The Labute approximate surface area is 196 Å². The lowest BCUT2D eigenvalue weighted by atomic mass is 10.2. The predicted octanol–water partition coefficient (Wildman–Crippen LogP) is 1.57. The smallest absolute Gasteiger partial charge is 0.191 e. The molecular weight excluding hydrogens is 440 g/mol. The molecule has 4 rings (SSSR count). The lowest BCUT2D eigenvalue weighted by Crippen LogP contribution is -2.33. The lowest BCUT2D eigenvalue weighted by molar-refractivity contribution is 0.215. The summed E-state index contributed by atoms with van der Waals surface area (Å²) in [7, 11) is 3.21. The Balaban J connectivity index is 1.99. The average molecular weight is 469 g/mol. The lowest BCUT2D eigenvalue weighted by Gasteiger charge is -2.17. The van der Waals surface area contributed by atoms with Crippen LogP contribution in [0.5, 0.6) is 11.5 Å². The highest BCUT2D eigenvalue weighted by Gasteiger charge is 2.22. The van der Waals surface area contributed by atoms with Crippen molar-refractivity contribution < 1.29 is 14.2 Å². The number of ether oxygens (including phenoxy) is 3. The number of aromatic nitrogens is 2. The van der Waals surface area contributed by atoms with Crippen molar-refractivity contribution in [2.45, 2.75) is 25.0 Å². The molecule has 0 spiro atoms. The van der Waals surface area contributed by atoms with Gasteiger partial charge in [0, 0.05) is 11.3 Å². The molecule has 1 aliphatic heterocycles. The molecule has 1 aromatic carbocycles. The van der Waals surface area contributed by atoms with Crippen LogP contribution >= 0.6 is 11.9 Å². The Bertz CT molecular complexity index is 1220. The fourth-order valence-electron chi connectivity index (χ4n) is 3.34. The molecular formula is C23H28N6O3S. The topological polar surface area (TPSA) is 122 Å². The van der Waals surface area contributed by atoms with Gasteiger partial charge < -0.3 is 31.0 Å². The number of nitrogens with one attached hydrogen (secondary N) is 1. The van der Waals surface area contributed by atoms with E-state index in [0.29, 0.717) is 63.1 Å². The molecule has 5 N–H and O–H groups in total. The minimum absolute atomic E-state index is 0.294. The molecule has 0 unspecified atom stereocenters. The molecule has 0 saturated heterocycles. The van der Waals surface area contributed by atoms with Crippen LogP contribution in [0.4, 0.5) is 5.82 Å². The van der Waals surface area contributed by atoms with Gasteiger partial charge in [-0.15, -0.1) is 0 Å². The van der Waals surface area contributed by atoms with Gasteiger partial charge in [-0.05, 0) is 56.0 Å². The number of nitrogen functional groups attached to an aromatic ring is 1. The molecule has 2 aromatic rings. The number of methoxy groups -OCH3 is 2. The molecule has 174 valence electrons. The number of benzene rings is 1. The number of imidazole rings is 1. The van der Waals surface area contributed by atoms with Crippen LogP contribution in [0.2, 0.25) is 0 Å². The quantitative estimate of drug-likeness (QED) is 0.303. The Morgan fingerprint density at radius 3 is 2.67 bits per heavy atom. The largest absolute Gasteiger partial charge is 0.494 e. The van der Waals surface area contributed by atoms with Gasteiger partial charge in [0.15, 0.2) is 17.2 Å². The van der Waals surface area contributed by atoms with Gasteiger partial charge in [0.1, 0.15) is 23.0 Å². The van der Waals surface area contributed by atoms with E-state index in [2.05, 4.69) is 14.7 Å². The van der Waals surface area contributed by atoms with Crippen molar-refractivity contribution in [3.8, 4) is 17.2 Å². The minimum atomic E-state index is 0.294. The van der Waals surface area contributed by atoms with Gasteiger partial charge in [-0.25, -0.2) is 4.98 Å². The maximum Gasteiger partial charge on any atom is 0.191 e. The van der Waals surface area contributed by atoms with Gasteiger partial charge in [0.05, 0.1) is 31.9 Å². The van der Waals surface area contributed by atoms with Crippen LogP contribution in [0.1, 0.15) is 19.8 Å². The fraction of sp³-hybridized carbons (Fsp3) is 0.304. The minimum Gasteiger partial charge on any atom is -0.494 e. The number of nitrogens with two attached hydrogens (primary N) is 2. The van der Waals surface area contributed by atoms with E-state index in [0.717, 1.165) is 12.8 Å². The van der Waals surface area contributed by atoms with Crippen LogP contribution in [0.15, 0.2) is 46.7 Å². The number of allylic oxidation sites excluding steroid dienone is 2. The van der Waals surface area contributed by atoms with Crippen LogP contribution in [0.25, 0.3) is 17.5 Å². The first-order chi connectivity index (χ1) is 16.0. The zero-order chi connectivity index (χ0) is 23.4. The number of anilines is 1. The zero-order valence-electron chi connectivity index (χ0n) is 18.9. The van der Waals surface area contributed by atoms with E-state index in [1.165, 1.54) is 11.9 Å². The molecule has 2 heterocycles. The highest BCUT2D eigenvalue weighted by atomic mass is 32.2. The van der Waals surface area contributed by atoms with Crippen molar-refractivity contribution in [3.63, 3.8) is 0 Å². The van der Waals surface area contributed by atoms with Gasteiger partial charge in [-0.3, -0.25) is 4.57 Å². The summed E-state index contributed by atoms with van der Waals surface area (Å²) in [5.74, 6) is 2.44. The summed E-state index contributed by atoms with van der Waals surface area (Å²) in [6.45, 7) is 2.45. The highest BCUT2D eigenvalue weighted by molar-refractivity contribution is 7.99. The molecule has 10 heteroatoms. The van der Waals surface area contributed by atoms with Gasteiger partial charge in [0.2, 0.25) is 0 Å². The van der Waals surface area contributed by atoms with Crippen molar-refractivity contribution >= 4 is 35.4 Å². The number of dihydropyridines is 1. The third-order valence-electron chi connectivity index (χ3n) is 4.99. The summed E-state index contributed by atoms with van der Waals surface area (Å²) in [4.78, 5) is 4.66. The molecule has 0 radical (unpaired) electrons. The first kappa shape index (κ1) is 22.7. The summed E-state index contributed by atoms with van der Waals surface area (Å²) >= 11 is 1.49. The predicted molar refractivity (Wildman–Crippen MR) is 132 cm³/mol. The van der Waals surface area contributed by atoms with E-state index in [-0.39, 0.29) is 0 Å². The van der Waals surface area contributed by atoms with Crippen LogP contribution in [-0.4, -0.2) is 41.5 Å². The highest BCUT2D eigenvalue weighted by Crippen LogP contribution is 2.34. The molecule has 0 atom stereocenters. The second kappa shape index (κ2) is 9.95. The van der Waals surface area contributed by atoms with Gasteiger partial charge in [-0.2, -0.15) is 4.40 Å². The van der Waals surface area contributed by atoms with Crippen molar-refractivity contribution in [1.82, 2.24) is 14.9 Å². The Kier molecular flexibility index (Phi) is 6.83. The third kappa shape index (κ3) is 4.95. The Morgan fingerprint density at radius 1 is 1.30 bits per heavy atom. The van der Waals surface area contributed by atoms with Crippen molar-refractivity contribution in [3.05, 3.63) is 53.1 Å². The summed E-state index contributed by atoms with van der Waals surface area (Å²) in [6.07, 6.45) is 9.68. The average Bonchev–Trinajstić information content (AvgIpc) is 3.61. The maximum absolute atomic E-state index is 6.41.